The fraction of sp³-hybridized carbons (Fsp3) is 0.167. The number of benzene rings is 1. The minimum absolute atomic E-state index is 0.0156. The van der Waals surface area contributed by atoms with Crippen molar-refractivity contribution in [3.63, 3.8) is 0 Å². The molecule has 1 heterocycles. The van der Waals surface area contributed by atoms with Crippen molar-refractivity contribution in [1.82, 2.24) is 4.98 Å². The molecule has 0 aliphatic carbocycles. The molecule has 6 heteroatoms. The van der Waals surface area contributed by atoms with Crippen LogP contribution in [0.15, 0.2) is 35.5 Å². The Morgan fingerprint density at radius 2 is 2.11 bits per heavy atom. The Hall–Kier alpha value is -2.50. The number of aliphatic imine (C=N–C) groups is 1. The fourth-order valence-corrected chi connectivity index (χ4v) is 1.63. The Kier molecular flexibility index (Phi) is 3.47. The van der Waals surface area contributed by atoms with Gasteiger partial charge in [0.15, 0.2) is 5.96 Å². The number of ether oxygens (including phenoxy) is 1. The number of H-pyrrole nitrogens is 1. The van der Waals surface area contributed by atoms with Crippen molar-refractivity contribution < 1.29 is 9.53 Å². The molecule has 18 heavy (non-hydrogen) atoms. The first-order valence-corrected chi connectivity index (χ1v) is 5.47. The van der Waals surface area contributed by atoms with Gasteiger partial charge in [0.25, 0.3) is 0 Å². The van der Waals surface area contributed by atoms with Gasteiger partial charge in [-0.25, -0.2) is 4.79 Å². The number of hydrogen-bond acceptors (Lipinski definition) is 3. The summed E-state index contributed by atoms with van der Waals surface area (Å²) in [5, 5.41) is 0.837. The number of rotatable bonds is 4. The predicted molar refractivity (Wildman–Crippen MR) is 69.3 cm³/mol. The molecule has 2 aromatic rings. The minimum atomic E-state index is -0.391. The van der Waals surface area contributed by atoms with Crippen LogP contribution in [0.5, 0.6) is 0 Å². The van der Waals surface area contributed by atoms with Gasteiger partial charge in [0.05, 0.1) is 12.1 Å². The summed E-state index contributed by atoms with van der Waals surface area (Å²) in [7, 11) is 0. The van der Waals surface area contributed by atoms with Crippen LogP contribution >= 0.6 is 0 Å². The summed E-state index contributed by atoms with van der Waals surface area (Å²) < 4.78 is 5.07. The van der Waals surface area contributed by atoms with Crippen LogP contribution in [0.2, 0.25) is 0 Å². The van der Waals surface area contributed by atoms with Gasteiger partial charge < -0.3 is 21.2 Å². The molecule has 0 saturated carbocycles. The standard InChI is InChI=1S/C12H14N4O2/c13-12(14)15-5-6-18-11(17)9-7-16-10-4-2-1-3-8(9)10/h1-4,7,16H,5-6H2,(H4,13,14,15). The fourth-order valence-electron chi connectivity index (χ4n) is 1.63. The molecule has 0 amide bonds. The minimum Gasteiger partial charge on any atom is -0.460 e. The zero-order valence-electron chi connectivity index (χ0n) is 9.72. The summed E-state index contributed by atoms with van der Waals surface area (Å²) in [5.74, 6) is -0.406. The first-order chi connectivity index (χ1) is 8.68. The van der Waals surface area contributed by atoms with E-state index in [2.05, 4.69) is 9.98 Å². The lowest BCUT2D eigenvalue weighted by atomic mass is 10.2. The van der Waals surface area contributed by atoms with Crippen LogP contribution in [0.1, 0.15) is 10.4 Å². The summed E-state index contributed by atoms with van der Waals surface area (Å²) in [4.78, 5) is 18.5. The highest BCUT2D eigenvalue weighted by atomic mass is 16.5. The van der Waals surface area contributed by atoms with Gasteiger partial charge in [0, 0.05) is 17.1 Å². The normalized spacial score (nSPS) is 10.2. The average molecular weight is 246 g/mol. The Balaban J connectivity index is 2.03. The molecule has 6 nitrogen and oxygen atoms in total. The smallest absolute Gasteiger partial charge is 0.340 e. The monoisotopic (exact) mass is 246 g/mol. The number of hydrogen-bond donors (Lipinski definition) is 3. The number of guanidine groups is 1. The molecule has 1 aromatic heterocycles. The highest BCUT2D eigenvalue weighted by Gasteiger charge is 2.12. The number of nitrogens with one attached hydrogen (secondary N) is 1. The summed E-state index contributed by atoms with van der Waals surface area (Å²) in [6.45, 7) is 0.409. The van der Waals surface area contributed by atoms with Crippen molar-refractivity contribution in [2.45, 2.75) is 0 Å². The topological polar surface area (TPSA) is 106 Å². The lowest BCUT2D eigenvalue weighted by Gasteiger charge is -2.01. The lowest BCUT2D eigenvalue weighted by molar-refractivity contribution is 0.0519. The molecule has 2 rings (SSSR count). The maximum atomic E-state index is 11.8. The molecule has 0 fully saturated rings. The quantitative estimate of drug-likeness (QED) is 0.318. The van der Waals surface area contributed by atoms with Gasteiger partial charge in [0.2, 0.25) is 0 Å². The second kappa shape index (κ2) is 5.22. The molecular weight excluding hydrogens is 232 g/mol. The van der Waals surface area contributed by atoms with Crippen molar-refractivity contribution in [2.75, 3.05) is 13.2 Å². The van der Waals surface area contributed by atoms with E-state index in [0.717, 1.165) is 10.9 Å². The summed E-state index contributed by atoms with van der Waals surface area (Å²) in [6, 6.07) is 7.52. The Bertz CT molecular complexity index is 585. The Morgan fingerprint density at radius 3 is 2.89 bits per heavy atom. The van der Waals surface area contributed by atoms with Gasteiger partial charge in [-0.15, -0.1) is 0 Å². The maximum absolute atomic E-state index is 11.8. The van der Waals surface area contributed by atoms with Crippen LogP contribution in [0, 0.1) is 0 Å². The van der Waals surface area contributed by atoms with Crippen LogP contribution in [0.25, 0.3) is 10.9 Å². The average Bonchev–Trinajstić information content (AvgIpc) is 2.78. The van der Waals surface area contributed by atoms with Crippen molar-refractivity contribution in [3.05, 3.63) is 36.0 Å². The van der Waals surface area contributed by atoms with E-state index in [9.17, 15) is 4.79 Å². The predicted octanol–water partition coefficient (Wildman–Crippen LogP) is 0.598. The zero-order chi connectivity index (χ0) is 13.0. The van der Waals surface area contributed by atoms with Crippen molar-refractivity contribution in [3.8, 4) is 0 Å². The molecule has 0 spiro atoms. The first-order valence-electron chi connectivity index (χ1n) is 5.47. The maximum Gasteiger partial charge on any atom is 0.340 e. The molecule has 0 radical (unpaired) electrons. The van der Waals surface area contributed by atoms with Gasteiger partial charge in [-0.2, -0.15) is 0 Å². The van der Waals surface area contributed by atoms with E-state index in [0.29, 0.717) is 5.56 Å². The highest BCUT2D eigenvalue weighted by Crippen LogP contribution is 2.18. The van der Waals surface area contributed by atoms with Crippen molar-refractivity contribution in [2.24, 2.45) is 16.5 Å². The van der Waals surface area contributed by atoms with Crippen LogP contribution < -0.4 is 11.5 Å². The third-order valence-corrected chi connectivity index (χ3v) is 2.43. The molecule has 0 aliphatic heterocycles. The molecule has 94 valence electrons. The van der Waals surface area contributed by atoms with E-state index < -0.39 is 5.97 Å². The Labute approximate surface area is 104 Å². The number of aromatic amines is 1. The van der Waals surface area contributed by atoms with Crippen LogP contribution in [0.3, 0.4) is 0 Å². The largest absolute Gasteiger partial charge is 0.460 e. The van der Waals surface area contributed by atoms with Crippen LogP contribution in [-0.4, -0.2) is 30.1 Å². The van der Waals surface area contributed by atoms with Gasteiger partial charge in [0.1, 0.15) is 6.61 Å². The molecule has 0 atom stereocenters. The van der Waals surface area contributed by atoms with E-state index in [1.165, 1.54) is 0 Å². The molecule has 0 unspecified atom stereocenters. The van der Waals surface area contributed by atoms with Crippen molar-refractivity contribution >= 4 is 22.8 Å². The SMILES string of the molecule is NC(N)=NCCOC(=O)c1c[nH]c2ccccc12. The number of carbonyl (C=O) groups is 1. The van der Waals surface area contributed by atoms with Gasteiger partial charge >= 0.3 is 5.97 Å². The highest BCUT2D eigenvalue weighted by molar-refractivity contribution is 6.03. The molecular formula is C12H14N4O2. The van der Waals surface area contributed by atoms with E-state index in [-0.39, 0.29) is 19.1 Å². The first kappa shape index (κ1) is 12.0. The lowest BCUT2D eigenvalue weighted by Crippen LogP contribution is -2.23. The number of aromatic nitrogens is 1. The number of fused-ring (bicyclic) bond motifs is 1. The van der Waals surface area contributed by atoms with Crippen molar-refractivity contribution in [1.29, 1.82) is 0 Å². The summed E-state index contributed by atoms with van der Waals surface area (Å²) >= 11 is 0. The zero-order valence-corrected chi connectivity index (χ0v) is 9.72. The molecule has 0 saturated heterocycles. The molecule has 0 aliphatic rings. The number of nitrogens with two attached hydrogens (primary N) is 2. The van der Waals surface area contributed by atoms with Gasteiger partial charge in [-0.05, 0) is 6.07 Å². The number of esters is 1. The summed E-state index contributed by atoms with van der Waals surface area (Å²) in [6.07, 6.45) is 1.63. The third kappa shape index (κ3) is 2.60. The number of nitrogens with zero attached hydrogens (tertiary/aromatic N) is 1. The number of para-hydroxylation sites is 1. The van der Waals surface area contributed by atoms with Gasteiger partial charge in [-0.3, -0.25) is 4.99 Å². The van der Waals surface area contributed by atoms with E-state index in [1.807, 2.05) is 24.3 Å². The number of carbonyl (C=O) groups excluding carboxylic acids is 1. The van der Waals surface area contributed by atoms with Crippen LogP contribution in [0.4, 0.5) is 0 Å². The van der Waals surface area contributed by atoms with E-state index >= 15 is 0 Å². The van der Waals surface area contributed by atoms with E-state index in [4.69, 9.17) is 16.2 Å². The van der Waals surface area contributed by atoms with Crippen LogP contribution in [-0.2, 0) is 4.74 Å². The van der Waals surface area contributed by atoms with E-state index in [1.54, 1.807) is 6.20 Å². The molecule has 1 aromatic carbocycles. The Morgan fingerprint density at radius 1 is 1.33 bits per heavy atom. The second-order valence-corrected chi connectivity index (χ2v) is 3.69. The van der Waals surface area contributed by atoms with Gasteiger partial charge in [-0.1, -0.05) is 18.2 Å². The molecule has 0 bridgehead atoms. The summed E-state index contributed by atoms with van der Waals surface area (Å²) in [5.41, 5.74) is 11.7. The molecule has 5 N–H and O–H groups in total. The third-order valence-electron chi connectivity index (χ3n) is 2.43. The second-order valence-electron chi connectivity index (χ2n) is 3.69.